The monoisotopic (exact) mass is 463 g/mol. The molecule has 0 aliphatic carbocycles. The van der Waals surface area contributed by atoms with Gasteiger partial charge in [-0.3, -0.25) is 9.69 Å². The smallest absolute Gasteiger partial charge is 0.248 e. The fourth-order valence-electron chi connectivity index (χ4n) is 4.31. The number of rotatable bonds is 5. The van der Waals surface area contributed by atoms with Crippen molar-refractivity contribution in [3.63, 3.8) is 0 Å². The lowest BCUT2D eigenvalue weighted by Crippen LogP contribution is -2.29. The summed E-state index contributed by atoms with van der Waals surface area (Å²) in [6.45, 7) is 2.96. The predicted octanol–water partition coefficient (Wildman–Crippen LogP) is 5.53. The van der Waals surface area contributed by atoms with E-state index in [1.165, 1.54) is 31.7 Å². The number of piperidine rings is 1. The normalized spacial score (nSPS) is 16.0. The Kier molecular flexibility index (Phi) is 6.07. The van der Waals surface area contributed by atoms with Crippen molar-refractivity contribution in [2.45, 2.75) is 19.3 Å². The maximum Gasteiger partial charge on any atom is 0.248 e. The van der Waals surface area contributed by atoms with Gasteiger partial charge in [-0.1, -0.05) is 24.1 Å². The lowest BCUT2D eigenvalue weighted by atomic mass is 10.0. The number of halogens is 2. The number of carbonyl (C=O) groups excluding carboxylic acids is 1. The number of anilines is 3. The van der Waals surface area contributed by atoms with Gasteiger partial charge in [0.25, 0.3) is 0 Å². The van der Waals surface area contributed by atoms with E-state index in [1.54, 1.807) is 18.2 Å². The maximum atomic E-state index is 13.7. The number of hydrogen-bond donors (Lipinski definition) is 1. The van der Waals surface area contributed by atoms with E-state index in [4.69, 9.17) is 11.6 Å². The molecule has 1 aromatic heterocycles. The zero-order chi connectivity index (χ0) is 22.8. The summed E-state index contributed by atoms with van der Waals surface area (Å²) < 4.78 is 13.7. The summed E-state index contributed by atoms with van der Waals surface area (Å²) in [5, 5.41) is 3.82. The average Bonchev–Trinajstić information content (AvgIpc) is 2.83. The molecule has 0 unspecified atom stereocenters. The minimum absolute atomic E-state index is 0.0364. The first-order valence-electron chi connectivity index (χ1n) is 11.0. The molecule has 1 saturated heterocycles. The molecule has 2 aliphatic heterocycles. The minimum Gasteiger partial charge on any atom is -0.322 e. The molecule has 3 heterocycles. The Morgan fingerprint density at radius 1 is 1.15 bits per heavy atom. The standard InChI is InChI=1S/C25H23ClFN5O/c26-19-15-17(6-7-20(19)27)32-14-10-18-21(8-9-22-24(18)25(32)29-16-28-22)30-23(33)5-4-13-31-11-2-1-3-12-31/h4-10,14-16H,1-3,11-13H2,(H,30,33)/b5-4+. The van der Waals surface area contributed by atoms with E-state index >= 15 is 0 Å². The van der Waals surface area contributed by atoms with Crippen molar-refractivity contribution in [3.05, 3.63) is 71.4 Å². The largest absolute Gasteiger partial charge is 0.322 e. The first-order valence-corrected chi connectivity index (χ1v) is 11.4. The third-order valence-corrected chi connectivity index (χ3v) is 6.25. The molecule has 0 bridgehead atoms. The van der Waals surface area contributed by atoms with Gasteiger partial charge in [-0.15, -0.1) is 0 Å². The molecule has 6 nitrogen and oxygen atoms in total. The number of nitrogens with zero attached hydrogens (tertiary/aromatic N) is 4. The van der Waals surface area contributed by atoms with E-state index in [0.717, 1.165) is 36.1 Å². The van der Waals surface area contributed by atoms with E-state index in [2.05, 4.69) is 20.2 Å². The highest BCUT2D eigenvalue weighted by Gasteiger charge is 2.21. The van der Waals surface area contributed by atoms with Crippen molar-refractivity contribution in [3.8, 4) is 0 Å². The molecule has 3 aromatic rings. The number of likely N-dealkylation sites (tertiary alicyclic amines) is 1. The van der Waals surface area contributed by atoms with Crippen molar-refractivity contribution in [2.75, 3.05) is 29.9 Å². The van der Waals surface area contributed by atoms with Crippen molar-refractivity contribution in [2.24, 2.45) is 0 Å². The number of nitrogens with one attached hydrogen (secondary N) is 1. The van der Waals surface area contributed by atoms with E-state index in [9.17, 15) is 9.18 Å². The number of amides is 1. The molecule has 0 saturated carbocycles. The molecule has 168 valence electrons. The second-order valence-corrected chi connectivity index (χ2v) is 8.56. The summed E-state index contributed by atoms with van der Waals surface area (Å²) in [4.78, 5) is 25.6. The molecule has 1 fully saturated rings. The fraction of sp³-hybridized carbons (Fsp3) is 0.240. The molecule has 2 aromatic carbocycles. The molecule has 0 atom stereocenters. The van der Waals surface area contributed by atoms with Crippen LogP contribution >= 0.6 is 11.6 Å². The molecule has 2 aliphatic rings. The van der Waals surface area contributed by atoms with Gasteiger partial charge >= 0.3 is 0 Å². The van der Waals surface area contributed by atoms with Gasteiger partial charge in [0.15, 0.2) is 0 Å². The van der Waals surface area contributed by atoms with Crippen LogP contribution in [0.1, 0.15) is 24.8 Å². The summed E-state index contributed by atoms with van der Waals surface area (Å²) in [5.74, 6) is -0.0213. The van der Waals surface area contributed by atoms with Crippen LogP contribution < -0.4 is 10.2 Å². The summed E-state index contributed by atoms with van der Waals surface area (Å²) >= 11 is 5.99. The second-order valence-electron chi connectivity index (χ2n) is 8.16. The highest BCUT2D eigenvalue weighted by Crippen LogP contribution is 2.40. The molecule has 1 amide bonds. The summed E-state index contributed by atoms with van der Waals surface area (Å²) in [6, 6.07) is 8.22. The van der Waals surface area contributed by atoms with Gasteiger partial charge < -0.3 is 10.2 Å². The first kappa shape index (κ1) is 21.6. The highest BCUT2D eigenvalue weighted by atomic mass is 35.5. The minimum atomic E-state index is -0.479. The van der Waals surface area contributed by atoms with Gasteiger partial charge in [0.05, 0.1) is 15.9 Å². The van der Waals surface area contributed by atoms with E-state index in [1.807, 2.05) is 35.4 Å². The zero-order valence-electron chi connectivity index (χ0n) is 18.0. The van der Waals surface area contributed by atoms with Crippen LogP contribution in [-0.2, 0) is 4.79 Å². The Balaban J connectivity index is 1.41. The van der Waals surface area contributed by atoms with Gasteiger partial charge in [-0.05, 0) is 62.3 Å². The summed E-state index contributed by atoms with van der Waals surface area (Å²) in [6.07, 6.45) is 12.4. The Morgan fingerprint density at radius 2 is 2.00 bits per heavy atom. The number of aromatic nitrogens is 2. The van der Waals surface area contributed by atoms with Crippen LogP contribution in [0.5, 0.6) is 0 Å². The van der Waals surface area contributed by atoms with Gasteiger partial charge in [-0.25, -0.2) is 14.4 Å². The molecule has 1 N–H and O–H groups in total. The van der Waals surface area contributed by atoms with Gasteiger partial charge in [0.2, 0.25) is 5.91 Å². The lowest BCUT2D eigenvalue weighted by Gasteiger charge is -2.26. The van der Waals surface area contributed by atoms with E-state index in [-0.39, 0.29) is 10.9 Å². The zero-order valence-corrected chi connectivity index (χ0v) is 18.7. The topological polar surface area (TPSA) is 61.4 Å². The van der Waals surface area contributed by atoms with Crippen molar-refractivity contribution in [1.82, 2.24) is 14.9 Å². The molecular formula is C25H23ClFN5O. The van der Waals surface area contributed by atoms with Crippen LogP contribution in [-0.4, -0.2) is 40.4 Å². The Labute approximate surface area is 196 Å². The summed E-state index contributed by atoms with van der Waals surface area (Å²) in [7, 11) is 0. The van der Waals surface area contributed by atoms with Gasteiger partial charge in [-0.2, -0.15) is 0 Å². The van der Waals surface area contributed by atoms with Crippen molar-refractivity contribution < 1.29 is 9.18 Å². The van der Waals surface area contributed by atoms with E-state index < -0.39 is 5.82 Å². The average molecular weight is 464 g/mol. The molecule has 8 heteroatoms. The Bertz CT molecular complexity index is 1270. The molecule has 5 rings (SSSR count). The highest BCUT2D eigenvalue weighted by molar-refractivity contribution is 6.31. The second kappa shape index (κ2) is 9.29. The maximum absolute atomic E-state index is 13.7. The molecule has 0 radical (unpaired) electrons. The van der Waals surface area contributed by atoms with Crippen LogP contribution in [0.25, 0.3) is 17.0 Å². The Hall–Kier alpha value is -3.29. The number of benzene rings is 2. The van der Waals surface area contributed by atoms with Gasteiger partial charge in [0.1, 0.15) is 18.0 Å². The van der Waals surface area contributed by atoms with E-state index in [0.29, 0.717) is 17.2 Å². The molecule has 0 spiro atoms. The summed E-state index contributed by atoms with van der Waals surface area (Å²) in [5.41, 5.74) is 2.93. The predicted molar refractivity (Wildman–Crippen MR) is 130 cm³/mol. The lowest BCUT2D eigenvalue weighted by molar-refractivity contribution is -0.111. The van der Waals surface area contributed by atoms with Crippen LogP contribution in [0.15, 0.2) is 55.0 Å². The van der Waals surface area contributed by atoms with Gasteiger partial charge in [0, 0.05) is 35.8 Å². The first-order chi connectivity index (χ1) is 16.1. The third kappa shape index (κ3) is 4.47. The van der Waals surface area contributed by atoms with Crippen LogP contribution in [0, 0.1) is 5.82 Å². The SMILES string of the molecule is O=C(/C=C/CN1CCCCC1)Nc1ccc2ncnc3c2c1C=CN3c1ccc(F)c(Cl)c1. The van der Waals surface area contributed by atoms with Crippen LogP contribution in [0.3, 0.4) is 0 Å². The molecule has 33 heavy (non-hydrogen) atoms. The van der Waals surface area contributed by atoms with Crippen molar-refractivity contribution >= 4 is 51.7 Å². The van der Waals surface area contributed by atoms with Crippen LogP contribution in [0.4, 0.5) is 21.6 Å². The fourth-order valence-corrected chi connectivity index (χ4v) is 4.49. The van der Waals surface area contributed by atoms with Crippen molar-refractivity contribution in [1.29, 1.82) is 0 Å². The Morgan fingerprint density at radius 3 is 2.82 bits per heavy atom. The van der Waals surface area contributed by atoms with Crippen LogP contribution in [0.2, 0.25) is 5.02 Å². The number of carbonyl (C=O) groups is 1. The number of hydrogen-bond acceptors (Lipinski definition) is 5. The molecular weight excluding hydrogens is 441 g/mol. The quantitative estimate of drug-likeness (QED) is 0.504. The third-order valence-electron chi connectivity index (χ3n) is 5.96.